The Balaban J connectivity index is 1.83. The van der Waals surface area contributed by atoms with E-state index in [0.29, 0.717) is 0 Å². The second-order valence-corrected chi connectivity index (χ2v) is 8.59. The smallest absolute Gasteiger partial charge is 0.187 e. The second kappa shape index (κ2) is 11.6. The summed E-state index contributed by atoms with van der Waals surface area (Å²) in [6, 6.07) is 0. The summed E-state index contributed by atoms with van der Waals surface area (Å²) < 4.78 is 32.2. The summed E-state index contributed by atoms with van der Waals surface area (Å²) in [5.74, 6) is 0. The van der Waals surface area contributed by atoms with Gasteiger partial charge in [0, 0.05) is 7.11 Å². The lowest BCUT2D eigenvalue weighted by Crippen LogP contribution is -2.66. The third kappa shape index (κ3) is 5.54. The van der Waals surface area contributed by atoms with Crippen LogP contribution in [0.2, 0.25) is 0 Å². The Bertz CT molecular complexity index is 639. The highest BCUT2D eigenvalue weighted by Crippen LogP contribution is 2.32. The van der Waals surface area contributed by atoms with E-state index in [4.69, 9.17) is 28.4 Å². The molecule has 3 heterocycles. The molecule has 15 nitrogen and oxygen atoms in total. The molecule has 0 aromatic carbocycles. The molecule has 15 atom stereocenters. The van der Waals surface area contributed by atoms with E-state index in [1.54, 1.807) is 0 Å². The van der Waals surface area contributed by atoms with E-state index in [-0.39, 0.29) is 6.61 Å². The average molecular weight is 502 g/mol. The fourth-order valence-electron chi connectivity index (χ4n) is 4.13. The van der Waals surface area contributed by atoms with Gasteiger partial charge >= 0.3 is 0 Å². The number of rotatable bonds is 7. The summed E-state index contributed by atoms with van der Waals surface area (Å²) in [7, 11) is 1.32. The van der Waals surface area contributed by atoms with Gasteiger partial charge in [0.15, 0.2) is 18.9 Å². The molecule has 34 heavy (non-hydrogen) atoms. The first-order valence-corrected chi connectivity index (χ1v) is 10.8. The highest BCUT2D eigenvalue weighted by molar-refractivity contribution is 4.96. The first kappa shape index (κ1) is 28.0. The molecular weight excluding hydrogens is 468 g/mol. The monoisotopic (exact) mass is 502 g/mol. The van der Waals surface area contributed by atoms with Crippen LogP contribution in [-0.4, -0.2) is 158 Å². The zero-order chi connectivity index (χ0) is 25.3. The van der Waals surface area contributed by atoms with Crippen LogP contribution < -0.4 is 0 Å². The van der Waals surface area contributed by atoms with Gasteiger partial charge in [0.1, 0.15) is 67.1 Å². The molecule has 0 amide bonds. The van der Waals surface area contributed by atoms with Crippen LogP contribution in [0.4, 0.5) is 0 Å². The maximum Gasteiger partial charge on any atom is 0.187 e. The molecule has 0 aromatic rings. The van der Waals surface area contributed by atoms with Gasteiger partial charge < -0.3 is 74.4 Å². The molecule has 3 aliphatic rings. The Labute approximate surface area is 194 Å². The van der Waals surface area contributed by atoms with Crippen LogP contribution in [0.5, 0.6) is 0 Å². The van der Waals surface area contributed by atoms with Crippen LogP contribution in [0, 0.1) is 0 Å². The molecule has 0 aromatic heterocycles. The Morgan fingerprint density at radius 2 is 1.18 bits per heavy atom. The van der Waals surface area contributed by atoms with E-state index in [9.17, 15) is 46.0 Å². The molecule has 0 aliphatic carbocycles. The zero-order valence-corrected chi connectivity index (χ0v) is 18.5. The minimum atomic E-state index is -1.82. The summed E-state index contributed by atoms with van der Waals surface area (Å²) in [5.41, 5.74) is 0. The number of aliphatic hydroxyl groups excluding tert-OH is 9. The first-order valence-electron chi connectivity index (χ1n) is 10.8. The standard InChI is InChI=1S/C19H34O15/c1-5-8(21)11(24)13(26)18(30-5)34-16-15(10(23)7(4-29-2)31-17(16)28)33-19-14(27)12(25)9(22)6(3-20)32-19/h5-28H,3-4H2,1-2H3/t5-,6+,7+,8+,9-,10-,11+,12-,13-,14+,15-,16+,17+,18-,19+/m0/s1. The van der Waals surface area contributed by atoms with E-state index in [1.807, 2.05) is 0 Å². The van der Waals surface area contributed by atoms with Gasteiger partial charge in [0.05, 0.1) is 19.3 Å². The molecule has 9 N–H and O–H groups in total. The molecular formula is C19H34O15. The Kier molecular flexibility index (Phi) is 9.57. The first-order chi connectivity index (χ1) is 16.0. The van der Waals surface area contributed by atoms with E-state index in [0.717, 1.165) is 0 Å². The van der Waals surface area contributed by atoms with Crippen molar-refractivity contribution in [2.45, 2.75) is 99.0 Å². The normalized spacial score (nSPS) is 52.5. The van der Waals surface area contributed by atoms with Crippen LogP contribution in [0.1, 0.15) is 6.92 Å². The van der Waals surface area contributed by atoms with Crippen molar-refractivity contribution in [3.63, 3.8) is 0 Å². The molecule has 3 fully saturated rings. The molecule has 0 bridgehead atoms. The quantitative estimate of drug-likeness (QED) is 0.157. The van der Waals surface area contributed by atoms with Crippen molar-refractivity contribution < 1.29 is 74.4 Å². The van der Waals surface area contributed by atoms with Crippen LogP contribution in [-0.2, 0) is 28.4 Å². The van der Waals surface area contributed by atoms with E-state index < -0.39 is 98.7 Å². The van der Waals surface area contributed by atoms with Crippen LogP contribution in [0.25, 0.3) is 0 Å². The molecule has 200 valence electrons. The number of ether oxygens (including phenoxy) is 6. The summed E-state index contributed by atoms with van der Waals surface area (Å²) in [6.45, 7) is 0.496. The minimum Gasteiger partial charge on any atom is -0.394 e. The molecule has 3 saturated heterocycles. The van der Waals surface area contributed by atoms with Crippen molar-refractivity contribution in [3.8, 4) is 0 Å². The van der Waals surface area contributed by atoms with Gasteiger partial charge in [-0.2, -0.15) is 0 Å². The molecule has 0 radical (unpaired) electrons. The molecule has 0 unspecified atom stereocenters. The van der Waals surface area contributed by atoms with Gasteiger partial charge in [-0.05, 0) is 6.92 Å². The number of hydrogen-bond acceptors (Lipinski definition) is 15. The predicted octanol–water partition coefficient (Wildman–Crippen LogP) is -5.89. The Morgan fingerprint density at radius 3 is 1.76 bits per heavy atom. The molecule has 3 aliphatic heterocycles. The number of methoxy groups -OCH3 is 1. The SMILES string of the molecule is COC[C@H]1O[C@@H](O)[C@H](O[C@@H]2O[C@@H](C)[C@@H](O)[C@@H](O)[C@@H]2O)[C@@H](O[C@H]2O[C@H](CO)[C@H](O)[C@H](O)[C@H]2O)[C@H]1O. The third-order valence-corrected chi connectivity index (χ3v) is 6.21. The van der Waals surface area contributed by atoms with E-state index in [1.165, 1.54) is 14.0 Å². The molecule has 0 saturated carbocycles. The minimum absolute atomic E-state index is 0.190. The molecule has 15 heteroatoms. The fourth-order valence-corrected chi connectivity index (χ4v) is 4.13. The highest BCUT2D eigenvalue weighted by Gasteiger charge is 2.53. The van der Waals surface area contributed by atoms with Gasteiger partial charge in [-0.1, -0.05) is 0 Å². The summed E-state index contributed by atoms with van der Waals surface area (Å²) in [5, 5.41) is 91.3. The van der Waals surface area contributed by atoms with Gasteiger partial charge in [-0.25, -0.2) is 0 Å². The molecule has 0 spiro atoms. The van der Waals surface area contributed by atoms with Crippen molar-refractivity contribution in [3.05, 3.63) is 0 Å². The van der Waals surface area contributed by atoms with Crippen LogP contribution in [0.3, 0.4) is 0 Å². The number of aliphatic hydroxyl groups is 9. The van der Waals surface area contributed by atoms with Crippen molar-refractivity contribution in [1.29, 1.82) is 0 Å². The number of hydrogen-bond donors (Lipinski definition) is 9. The lowest BCUT2D eigenvalue weighted by Gasteiger charge is -2.48. The third-order valence-electron chi connectivity index (χ3n) is 6.21. The van der Waals surface area contributed by atoms with E-state index >= 15 is 0 Å². The molecule has 3 rings (SSSR count). The lowest BCUT2D eigenvalue weighted by atomic mass is 9.96. The fraction of sp³-hybridized carbons (Fsp3) is 1.00. The maximum absolute atomic E-state index is 10.8. The van der Waals surface area contributed by atoms with E-state index in [2.05, 4.69) is 0 Å². The predicted molar refractivity (Wildman–Crippen MR) is 105 cm³/mol. The Hall–Kier alpha value is -0.600. The van der Waals surface area contributed by atoms with Gasteiger partial charge in [0.25, 0.3) is 0 Å². The largest absolute Gasteiger partial charge is 0.394 e. The van der Waals surface area contributed by atoms with Crippen molar-refractivity contribution in [2.24, 2.45) is 0 Å². The van der Waals surface area contributed by atoms with Crippen molar-refractivity contribution >= 4 is 0 Å². The van der Waals surface area contributed by atoms with Gasteiger partial charge in [-0.3, -0.25) is 0 Å². The van der Waals surface area contributed by atoms with Gasteiger partial charge in [-0.15, -0.1) is 0 Å². The second-order valence-electron chi connectivity index (χ2n) is 8.59. The highest BCUT2D eigenvalue weighted by atomic mass is 16.8. The average Bonchev–Trinajstić information content (AvgIpc) is 2.81. The van der Waals surface area contributed by atoms with Crippen LogP contribution >= 0.6 is 0 Å². The van der Waals surface area contributed by atoms with Crippen molar-refractivity contribution in [2.75, 3.05) is 20.3 Å². The summed E-state index contributed by atoms with van der Waals surface area (Å²) >= 11 is 0. The summed E-state index contributed by atoms with van der Waals surface area (Å²) in [4.78, 5) is 0. The van der Waals surface area contributed by atoms with Crippen molar-refractivity contribution in [1.82, 2.24) is 0 Å². The van der Waals surface area contributed by atoms with Crippen LogP contribution in [0.15, 0.2) is 0 Å². The topological polar surface area (TPSA) is 237 Å². The van der Waals surface area contributed by atoms with Gasteiger partial charge in [0.2, 0.25) is 0 Å². The zero-order valence-electron chi connectivity index (χ0n) is 18.5. The Morgan fingerprint density at radius 1 is 0.618 bits per heavy atom. The lowest BCUT2D eigenvalue weighted by molar-refractivity contribution is -0.386. The maximum atomic E-state index is 10.8. The summed E-state index contributed by atoms with van der Waals surface area (Å²) in [6.07, 6.45) is -23.3.